The van der Waals surface area contributed by atoms with E-state index in [0.717, 1.165) is 45.3 Å². The lowest BCUT2D eigenvalue weighted by Gasteiger charge is -2.26. The monoisotopic (exact) mass is 362 g/mol. The van der Waals surface area contributed by atoms with Crippen LogP contribution in [0.4, 0.5) is 0 Å². The van der Waals surface area contributed by atoms with E-state index in [0.29, 0.717) is 42.2 Å². The molecule has 3 rings (SSSR count). The molecule has 1 aromatic rings. The number of hydrogen-bond donors (Lipinski definition) is 1. The number of nitrogens with one attached hydrogen (secondary N) is 1. The molecule has 1 saturated heterocycles. The van der Waals surface area contributed by atoms with Gasteiger partial charge in [-0.25, -0.2) is 0 Å². The third-order valence-electron chi connectivity index (χ3n) is 5.03. The second-order valence-corrected chi connectivity index (χ2v) is 7.11. The molecule has 0 radical (unpaired) electrons. The fourth-order valence-corrected chi connectivity index (χ4v) is 3.41. The van der Waals surface area contributed by atoms with E-state index in [1.54, 1.807) is 14.2 Å². The van der Waals surface area contributed by atoms with Crippen molar-refractivity contribution in [2.45, 2.75) is 31.7 Å². The molecule has 6 heteroatoms. The van der Waals surface area contributed by atoms with Gasteiger partial charge in [0, 0.05) is 38.3 Å². The first-order chi connectivity index (χ1) is 12.7. The number of carbonyl (C=O) groups excluding carboxylic acids is 1. The maximum atomic E-state index is 13.1. The molecule has 0 aromatic heterocycles. The van der Waals surface area contributed by atoms with Crippen LogP contribution in [0.25, 0.3) is 0 Å². The van der Waals surface area contributed by atoms with Crippen molar-refractivity contribution in [3.63, 3.8) is 0 Å². The Hall–Kier alpha value is -1.79. The Morgan fingerprint density at radius 1 is 1.19 bits per heavy atom. The molecule has 1 saturated carbocycles. The smallest absolute Gasteiger partial charge is 0.254 e. The Balaban J connectivity index is 1.70. The van der Waals surface area contributed by atoms with E-state index in [1.807, 2.05) is 18.2 Å². The molecule has 1 atom stereocenters. The third kappa shape index (κ3) is 4.89. The summed E-state index contributed by atoms with van der Waals surface area (Å²) < 4.78 is 16.2. The Morgan fingerprint density at radius 3 is 2.69 bits per heavy atom. The van der Waals surface area contributed by atoms with Gasteiger partial charge in [-0.3, -0.25) is 4.79 Å². The summed E-state index contributed by atoms with van der Waals surface area (Å²) in [5.41, 5.74) is 0.672. The average molecular weight is 362 g/mol. The minimum Gasteiger partial charge on any atom is -0.493 e. The molecule has 1 N–H and O–H groups in total. The molecule has 26 heavy (non-hydrogen) atoms. The summed E-state index contributed by atoms with van der Waals surface area (Å²) in [6.45, 7) is 4.08. The van der Waals surface area contributed by atoms with Crippen LogP contribution in [0.3, 0.4) is 0 Å². The van der Waals surface area contributed by atoms with Crippen molar-refractivity contribution in [1.29, 1.82) is 0 Å². The topological polar surface area (TPSA) is 60.0 Å². The van der Waals surface area contributed by atoms with Crippen LogP contribution in [0, 0.1) is 5.92 Å². The summed E-state index contributed by atoms with van der Waals surface area (Å²) in [5, 5.41) is 3.39. The summed E-state index contributed by atoms with van der Waals surface area (Å²) in [7, 11) is 3.29. The summed E-state index contributed by atoms with van der Waals surface area (Å²) in [4.78, 5) is 15.2. The first kappa shape index (κ1) is 19.0. The summed E-state index contributed by atoms with van der Waals surface area (Å²) >= 11 is 0. The number of methoxy groups -OCH3 is 2. The van der Waals surface area contributed by atoms with Gasteiger partial charge in [-0.2, -0.15) is 0 Å². The van der Waals surface area contributed by atoms with Gasteiger partial charge in [-0.05, 0) is 56.5 Å². The number of nitrogens with zero attached hydrogens (tertiary/aromatic N) is 1. The van der Waals surface area contributed by atoms with Gasteiger partial charge in [-0.1, -0.05) is 0 Å². The summed E-state index contributed by atoms with van der Waals surface area (Å²) in [5.74, 6) is 1.93. The maximum absolute atomic E-state index is 13.1. The van der Waals surface area contributed by atoms with Gasteiger partial charge in [-0.15, -0.1) is 0 Å². The van der Waals surface area contributed by atoms with Crippen molar-refractivity contribution in [1.82, 2.24) is 10.2 Å². The van der Waals surface area contributed by atoms with Gasteiger partial charge in [0.25, 0.3) is 5.91 Å². The van der Waals surface area contributed by atoms with Gasteiger partial charge in [0.15, 0.2) is 11.5 Å². The van der Waals surface area contributed by atoms with Crippen molar-refractivity contribution in [3.8, 4) is 11.5 Å². The number of carbonyl (C=O) groups is 1. The van der Waals surface area contributed by atoms with Gasteiger partial charge < -0.3 is 24.4 Å². The van der Waals surface area contributed by atoms with Crippen molar-refractivity contribution in [2.24, 2.45) is 5.92 Å². The standard InChI is InChI=1S/C20H30N2O4/c1-24-10-3-11-26-19-12-16(4-7-18(19)25-2)20(23)22(17-5-6-17)14-15-8-9-21-13-15/h4,7,12,15,17,21H,3,5-6,8-11,13-14H2,1-2H3. The highest BCUT2D eigenvalue weighted by Crippen LogP contribution is 2.33. The van der Waals surface area contributed by atoms with Crippen molar-refractivity contribution >= 4 is 5.91 Å². The van der Waals surface area contributed by atoms with Crippen LogP contribution in [0.1, 0.15) is 36.0 Å². The van der Waals surface area contributed by atoms with Crippen molar-refractivity contribution in [2.75, 3.05) is 47.1 Å². The molecule has 1 amide bonds. The first-order valence-electron chi connectivity index (χ1n) is 9.54. The number of amides is 1. The lowest BCUT2D eigenvalue weighted by atomic mass is 10.1. The predicted octanol–water partition coefficient (Wildman–Crippen LogP) is 2.32. The zero-order chi connectivity index (χ0) is 18.4. The highest BCUT2D eigenvalue weighted by atomic mass is 16.5. The molecule has 0 spiro atoms. The first-order valence-corrected chi connectivity index (χ1v) is 9.54. The Bertz CT molecular complexity index is 597. The average Bonchev–Trinajstić information content (AvgIpc) is 3.38. The molecular formula is C20H30N2O4. The maximum Gasteiger partial charge on any atom is 0.254 e. The molecule has 1 aliphatic carbocycles. The number of benzene rings is 1. The summed E-state index contributed by atoms with van der Waals surface area (Å²) in [6.07, 6.45) is 4.17. The number of ether oxygens (including phenoxy) is 3. The van der Waals surface area contributed by atoms with Gasteiger partial charge >= 0.3 is 0 Å². The zero-order valence-electron chi connectivity index (χ0n) is 15.8. The van der Waals surface area contributed by atoms with Crippen LogP contribution < -0.4 is 14.8 Å². The van der Waals surface area contributed by atoms with E-state index >= 15 is 0 Å². The molecule has 1 aromatic carbocycles. The van der Waals surface area contributed by atoms with E-state index in [2.05, 4.69) is 10.2 Å². The molecule has 1 aliphatic heterocycles. The number of hydrogen-bond acceptors (Lipinski definition) is 5. The zero-order valence-corrected chi connectivity index (χ0v) is 15.8. The second kappa shape index (κ2) is 9.24. The van der Waals surface area contributed by atoms with Crippen LogP contribution in [-0.4, -0.2) is 63.9 Å². The van der Waals surface area contributed by atoms with Crippen LogP contribution >= 0.6 is 0 Å². The summed E-state index contributed by atoms with van der Waals surface area (Å²) in [6, 6.07) is 5.87. The normalized spacial score (nSPS) is 19.4. The van der Waals surface area contributed by atoms with E-state index in [-0.39, 0.29) is 5.91 Å². The van der Waals surface area contributed by atoms with Crippen LogP contribution in [0.5, 0.6) is 11.5 Å². The highest BCUT2D eigenvalue weighted by molar-refractivity contribution is 5.95. The molecular weight excluding hydrogens is 332 g/mol. The molecule has 1 heterocycles. The van der Waals surface area contributed by atoms with Crippen molar-refractivity contribution in [3.05, 3.63) is 23.8 Å². The van der Waals surface area contributed by atoms with Gasteiger partial charge in [0.2, 0.25) is 0 Å². The molecule has 1 unspecified atom stereocenters. The van der Waals surface area contributed by atoms with Crippen LogP contribution in [0.2, 0.25) is 0 Å². The largest absolute Gasteiger partial charge is 0.493 e. The van der Waals surface area contributed by atoms with Crippen molar-refractivity contribution < 1.29 is 19.0 Å². The van der Waals surface area contributed by atoms with E-state index < -0.39 is 0 Å². The lowest BCUT2D eigenvalue weighted by Crippen LogP contribution is -2.37. The van der Waals surface area contributed by atoms with Gasteiger partial charge in [0.1, 0.15) is 0 Å². The van der Waals surface area contributed by atoms with E-state index in [4.69, 9.17) is 14.2 Å². The molecule has 2 aliphatic rings. The minimum atomic E-state index is 0.101. The van der Waals surface area contributed by atoms with E-state index in [9.17, 15) is 4.79 Å². The quantitative estimate of drug-likeness (QED) is 0.648. The van der Waals surface area contributed by atoms with Gasteiger partial charge in [0.05, 0.1) is 13.7 Å². The fraction of sp³-hybridized carbons (Fsp3) is 0.650. The molecule has 2 fully saturated rings. The molecule has 6 nitrogen and oxygen atoms in total. The molecule has 0 bridgehead atoms. The van der Waals surface area contributed by atoms with Crippen LogP contribution in [-0.2, 0) is 4.74 Å². The number of rotatable bonds is 10. The minimum absolute atomic E-state index is 0.101. The second-order valence-electron chi connectivity index (χ2n) is 7.11. The van der Waals surface area contributed by atoms with E-state index in [1.165, 1.54) is 0 Å². The Morgan fingerprint density at radius 2 is 2.04 bits per heavy atom. The Kier molecular flexibility index (Phi) is 6.74. The third-order valence-corrected chi connectivity index (χ3v) is 5.03. The predicted molar refractivity (Wildman–Crippen MR) is 100 cm³/mol. The highest BCUT2D eigenvalue weighted by Gasteiger charge is 2.35. The lowest BCUT2D eigenvalue weighted by molar-refractivity contribution is 0.0718. The fourth-order valence-electron chi connectivity index (χ4n) is 3.41. The molecule has 144 valence electrons. The van der Waals surface area contributed by atoms with Crippen LogP contribution in [0.15, 0.2) is 18.2 Å². The Labute approximate surface area is 155 Å². The SMILES string of the molecule is COCCCOc1cc(C(=O)N(CC2CCNC2)C2CC2)ccc1OC.